The number of benzene rings is 2. The molecule has 0 aliphatic carbocycles. The number of carbonyl (C=O) groups excluding carboxylic acids is 2. The highest BCUT2D eigenvalue weighted by atomic mass is 16.5. The maximum Gasteiger partial charge on any atom is 0.330 e. The number of hydrogen-bond donors (Lipinski definition) is 2. The number of nitrogens with zero attached hydrogens (tertiary/aromatic N) is 1. The van der Waals surface area contributed by atoms with Gasteiger partial charge >= 0.3 is 5.97 Å². The molecular weight excluding hydrogens is 404 g/mol. The van der Waals surface area contributed by atoms with Crippen molar-refractivity contribution in [3.63, 3.8) is 0 Å². The Kier molecular flexibility index (Phi) is 9.27. The van der Waals surface area contributed by atoms with E-state index in [2.05, 4.69) is 69.1 Å². The summed E-state index contributed by atoms with van der Waals surface area (Å²) in [5, 5.41) is 12.1. The van der Waals surface area contributed by atoms with Gasteiger partial charge in [0.25, 0.3) is 0 Å². The molecule has 2 aromatic rings. The summed E-state index contributed by atoms with van der Waals surface area (Å²) in [6.07, 6.45) is 0.790. The molecule has 0 fully saturated rings. The Morgan fingerprint density at radius 2 is 1.75 bits per heavy atom. The molecule has 0 saturated carbocycles. The molecule has 0 aliphatic rings. The average molecular weight is 441 g/mol. The first kappa shape index (κ1) is 25.4. The van der Waals surface area contributed by atoms with Crippen molar-refractivity contribution in [3.05, 3.63) is 59.2 Å². The summed E-state index contributed by atoms with van der Waals surface area (Å²) in [6, 6.07) is 14.5. The minimum Gasteiger partial charge on any atom is -0.425 e. The first-order valence-corrected chi connectivity index (χ1v) is 11.2. The van der Waals surface area contributed by atoms with Gasteiger partial charge in [-0.25, -0.2) is 4.79 Å². The van der Waals surface area contributed by atoms with Gasteiger partial charge in [-0.05, 0) is 69.5 Å². The highest BCUT2D eigenvalue weighted by molar-refractivity contribution is 5.81. The van der Waals surface area contributed by atoms with Crippen LogP contribution in [0.4, 0.5) is 5.69 Å². The van der Waals surface area contributed by atoms with Gasteiger partial charge in [-0.3, -0.25) is 4.79 Å². The van der Waals surface area contributed by atoms with Crippen LogP contribution in [0.1, 0.15) is 70.6 Å². The van der Waals surface area contributed by atoms with Crippen LogP contribution in [0.15, 0.2) is 42.5 Å². The molecule has 1 amide bonds. The third-order valence-corrected chi connectivity index (χ3v) is 5.43. The Labute approximate surface area is 191 Å². The molecular formula is C26H36N2O4. The summed E-state index contributed by atoms with van der Waals surface area (Å²) in [4.78, 5) is 25.8. The fourth-order valence-electron chi connectivity index (χ4n) is 4.15. The van der Waals surface area contributed by atoms with Crippen LogP contribution in [0.2, 0.25) is 0 Å². The number of hydrogen-bond acceptors (Lipinski definition) is 5. The number of aliphatic hydroxyl groups excluding tert-OH is 1. The van der Waals surface area contributed by atoms with E-state index < -0.39 is 5.97 Å². The standard InChI is InChI=1S/C26H36N2O4/c1-7-23(21-9-8-10-22(14-21)28(17(2)3)18(4)5)24-13-20(16-29)11-12-25(24)32-26(31)15-27-19(6)30/h8-14,17-18,23,29H,7,15-16H2,1-6H3,(H,27,30). The number of nitrogens with one attached hydrogen (secondary N) is 1. The largest absolute Gasteiger partial charge is 0.425 e. The molecule has 174 valence electrons. The molecule has 32 heavy (non-hydrogen) atoms. The molecule has 0 aromatic heterocycles. The Hall–Kier alpha value is -2.86. The third kappa shape index (κ3) is 6.57. The van der Waals surface area contributed by atoms with Crippen molar-refractivity contribution < 1.29 is 19.4 Å². The molecule has 0 bridgehead atoms. The number of rotatable bonds is 10. The lowest BCUT2D eigenvalue weighted by atomic mass is 9.87. The van der Waals surface area contributed by atoms with Gasteiger partial charge in [0.1, 0.15) is 12.3 Å². The van der Waals surface area contributed by atoms with Crippen molar-refractivity contribution in [2.45, 2.75) is 72.6 Å². The Bertz CT molecular complexity index is 916. The lowest BCUT2D eigenvalue weighted by Gasteiger charge is -2.34. The topological polar surface area (TPSA) is 78.9 Å². The van der Waals surface area contributed by atoms with Crippen molar-refractivity contribution in [1.82, 2.24) is 5.32 Å². The molecule has 0 saturated heterocycles. The van der Waals surface area contributed by atoms with Crippen LogP contribution < -0.4 is 15.0 Å². The second-order valence-corrected chi connectivity index (χ2v) is 8.56. The predicted octanol–water partition coefficient (Wildman–Crippen LogP) is 4.39. The van der Waals surface area contributed by atoms with E-state index in [-0.39, 0.29) is 25.0 Å². The van der Waals surface area contributed by atoms with E-state index in [1.807, 2.05) is 6.07 Å². The molecule has 2 aromatic carbocycles. The molecule has 0 aliphatic heterocycles. The number of amides is 1. The summed E-state index contributed by atoms with van der Waals surface area (Å²) in [6.45, 7) is 11.9. The van der Waals surface area contributed by atoms with E-state index in [4.69, 9.17) is 4.74 Å². The van der Waals surface area contributed by atoms with Gasteiger partial charge in [-0.15, -0.1) is 0 Å². The lowest BCUT2D eigenvalue weighted by Crippen LogP contribution is -2.37. The second-order valence-electron chi connectivity index (χ2n) is 8.56. The fraction of sp³-hybridized carbons (Fsp3) is 0.462. The van der Waals surface area contributed by atoms with E-state index >= 15 is 0 Å². The van der Waals surface area contributed by atoms with E-state index in [1.54, 1.807) is 12.1 Å². The summed E-state index contributed by atoms with van der Waals surface area (Å²) in [7, 11) is 0. The fourth-order valence-corrected chi connectivity index (χ4v) is 4.15. The van der Waals surface area contributed by atoms with Crippen molar-refractivity contribution >= 4 is 17.6 Å². The number of anilines is 1. The molecule has 1 atom stereocenters. The quantitative estimate of drug-likeness (QED) is 0.423. The number of esters is 1. The van der Waals surface area contributed by atoms with Crippen LogP contribution in [-0.2, 0) is 16.2 Å². The van der Waals surface area contributed by atoms with Crippen LogP contribution in [0, 0.1) is 0 Å². The highest BCUT2D eigenvalue weighted by Gasteiger charge is 2.22. The van der Waals surface area contributed by atoms with Crippen LogP contribution >= 0.6 is 0 Å². The molecule has 6 heteroatoms. The first-order valence-electron chi connectivity index (χ1n) is 11.2. The zero-order valence-electron chi connectivity index (χ0n) is 20.0. The zero-order chi connectivity index (χ0) is 23.8. The monoisotopic (exact) mass is 440 g/mol. The van der Waals surface area contributed by atoms with E-state index in [1.165, 1.54) is 6.92 Å². The first-order chi connectivity index (χ1) is 15.2. The molecule has 0 heterocycles. The molecule has 0 spiro atoms. The molecule has 0 radical (unpaired) electrons. The van der Waals surface area contributed by atoms with Gasteiger partial charge in [0.05, 0.1) is 6.61 Å². The van der Waals surface area contributed by atoms with Gasteiger partial charge in [-0.2, -0.15) is 0 Å². The molecule has 2 rings (SSSR count). The zero-order valence-corrected chi connectivity index (χ0v) is 20.0. The minimum absolute atomic E-state index is 0.0220. The van der Waals surface area contributed by atoms with Crippen LogP contribution in [0.25, 0.3) is 0 Å². The van der Waals surface area contributed by atoms with Crippen molar-refractivity contribution in [2.75, 3.05) is 11.4 Å². The van der Waals surface area contributed by atoms with Crippen LogP contribution in [0.5, 0.6) is 5.75 Å². The Balaban J connectivity index is 2.46. The smallest absolute Gasteiger partial charge is 0.330 e. The van der Waals surface area contributed by atoms with E-state index in [0.29, 0.717) is 17.8 Å². The Morgan fingerprint density at radius 3 is 2.31 bits per heavy atom. The second kappa shape index (κ2) is 11.7. The van der Waals surface area contributed by atoms with Gasteiger partial charge < -0.3 is 20.1 Å². The third-order valence-electron chi connectivity index (χ3n) is 5.43. The maximum absolute atomic E-state index is 12.3. The number of carbonyl (C=O) groups is 2. The van der Waals surface area contributed by atoms with Crippen LogP contribution in [0.3, 0.4) is 0 Å². The van der Waals surface area contributed by atoms with Crippen molar-refractivity contribution in [2.24, 2.45) is 0 Å². The number of ether oxygens (including phenoxy) is 1. The summed E-state index contributed by atoms with van der Waals surface area (Å²) < 4.78 is 5.61. The predicted molar refractivity (Wildman–Crippen MR) is 128 cm³/mol. The Morgan fingerprint density at radius 1 is 1.06 bits per heavy atom. The molecule has 6 nitrogen and oxygen atoms in total. The van der Waals surface area contributed by atoms with Gasteiger partial charge in [0.15, 0.2) is 0 Å². The van der Waals surface area contributed by atoms with E-state index in [9.17, 15) is 14.7 Å². The maximum atomic E-state index is 12.3. The van der Waals surface area contributed by atoms with Crippen LogP contribution in [-0.4, -0.2) is 35.6 Å². The van der Waals surface area contributed by atoms with Gasteiger partial charge in [0, 0.05) is 36.2 Å². The molecule has 1 unspecified atom stereocenters. The minimum atomic E-state index is -0.535. The van der Waals surface area contributed by atoms with Crippen molar-refractivity contribution in [3.8, 4) is 5.75 Å². The SMILES string of the molecule is CCC(c1cccc(N(C(C)C)C(C)C)c1)c1cc(CO)ccc1OC(=O)CNC(C)=O. The summed E-state index contributed by atoms with van der Waals surface area (Å²) in [5.74, 6) is -0.404. The summed E-state index contributed by atoms with van der Waals surface area (Å²) >= 11 is 0. The normalized spacial score (nSPS) is 12.0. The van der Waals surface area contributed by atoms with E-state index in [0.717, 1.165) is 28.8 Å². The van der Waals surface area contributed by atoms with Gasteiger partial charge in [0.2, 0.25) is 5.91 Å². The lowest BCUT2D eigenvalue weighted by molar-refractivity contribution is -0.135. The highest BCUT2D eigenvalue weighted by Crippen LogP contribution is 2.37. The number of aliphatic hydroxyl groups is 1. The van der Waals surface area contributed by atoms with Crippen molar-refractivity contribution in [1.29, 1.82) is 0 Å². The molecule has 2 N–H and O–H groups in total. The summed E-state index contributed by atoms with van der Waals surface area (Å²) in [5.41, 5.74) is 3.86. The van der Waals surface area contributed by atoms with Gasteiger partial charge in [-0.1, -0.05) is 25.1 Å². The average Bonchev–Trinajstić information content (AvgIpc) is 2.73.